The summed E-state index contributed by atoms with van der Waals surface area (Å²) in [6.45, 7) is 0. The molecule has 1 saturated carbocycles. The van der Waals surface area contributed by atoms with Gasteiger partial charge < -0.3 is 10.4 Å². The Hall–Kier alpha value is -1.98. The Kier molecular flexibility index (Phi) is 4.43. The predicted octanol–water partition coefficient (Wildman–Crippen LogP) is 1.24. The maximum Gasteiger partial charge on any atom is 0.326 e. The molecular formula is C13H17N3O3. The molecule has 102 valence electrons. The van der Waals surface area contributed by atoms with E-state index in [1.807, 2.05) is 0 Å². The minimum absolute atomic E-state index is 0.00636. The number of amides is 1. The van der Waals surface area contributed by atoms with Gasteiger partial charge in [-0.2, -0.15) is 0 Å². The maximum atomic E-state index is 11.9. The van der Waals surface area contributed by atoms with Crippen LogP contribution >= 0.6 is 0 Å². The first-order valence-corrected chi connectivity index (χ1v) is 6.48. The monoisotopic (exact) mass is 263 g/mol. The van der Waals surface area contributed by atoms with Crippen LogP contribution in [0.15, 0.2) is 18.6 Å². The van der Waals surface area contributed by atoms with Gasteiger partial charge in [0.2, 0.25) is 0 Å². The Labute approximate surface area is 111 Å². The molecule has 1 aromatic heterocycles. The Morgan fingerprint density at radius 1 is 1.26 bits per heavy atom. The molecule has 1 aliphatic rings. The number of carbonyl (C=O) groups is 2. The standard InChI is InChI=1S/C13H17N3O3/c17-12(10-8-14-6-7-15-10)16-11(13(18)19)9-4-2-1-3-5-9/h6-9,11H,1-5H2,(H,16,17)(H,18,19). The van der Waals surface area contributed by atoms with Crippen LogP contribution in [0.5, 0.6) is 0 Å². The molecular weight excluding hydrogens is 246 g/mol. The van der Waals surface area contributed by atoms with Crippen LogP contribution in [0, 0.1) is 5.92 Å². The molecule has 6 heteroatoms. The molecule has 1 heterocycles. The maximum absolute atomic E-state index is 11.9. The van der Waals surface area contributed by atoms with Crippen molar-refractivity contribution in [1.82, 2.24) is 15.3 Å². The Balaban J connectivity index is 2.04. The highest BCUT2D eigenvalue weighted by Crippen LogP contribution is 2.26. The lowest BCUT2D eigenvalue weighted by atomic mass is 9.84. The molecule has 0 spiro atoms. The molecule has 1 aliphatic carbocycles. The van der Waals surface area contributed by atoms with Crippen molar-refractivity contribution in [2.45, 2.75) is 38.1 Å². The molecule has 0 radical (unpaired) electrons. The second kappa shape index (κ2) is 6.26. The predicted molar refractivity (Wildman–Crippen MR) is 67.5 cm³/mol. The van der Waals surface area contributed by atoms with Crippen molar-refractivity contribution in [2.24, 2.45) is 5.92 Å². The van der Waals surface area contributed by atoms with Gasteiger partial charge >= 0.3 is 5.97 Å². The third-order valence-corrected chi connectivity index (χ3v) is 3.47. The van der Waals surface area contributed by atoms with Crippen LogP contribution in [-0.2, 0) is 4.79 Å². The Morgan fingerprint density at radius 3 is 2.58 bits per heavy atom. The molecule has 0 aromatic carbocycles. The van der Waals surface area contributed by atoms with Gasteiger partial charge in [-0.05, 0) is 18.8 Å². The fourth-order valence-electron chi connectivity index (χ4n) is 2.48. The number of aliphatic carboxylic acids is 1. The van der Waals surface area contributed by atoms with Crippen LogP contribution in [0.25, 0.3) is 0 Å². The molecule has 1 unspecified atom stereocenters. The molecule has 1 atom stereocenters. The van der Waals surface area contributed by atoms with E-state index in [9.17, 15) is 14.7 Å². The van der Waals surface area contributed by atoms with Crippen molar-refractivity contribution in [3.05, 3.63) is 24.3 Å². The number of hydrogen-bond donors (Lipinski definition) is 2. The minimum atomic E-state index is -0.982. The van der Waals surface area contributed by atoms with E-state index in [0.717, 1.165) is 32.1 Å². The van der Waals surface area contributed by atoms with Gasteiger partial charge in [0.05, 0.1) is 6.20 Å². The molecule has 1 amide bonds. The van der Waals surface area contributed by atoms with Crippen LogP contribution in [0.4, 0.5) is 0 Å². The van der Waals surface area contributed by atoms with Crippen LogP contribution < -0.4 is 5.32 Å². The molecule has 2 rings (SSSR count). The SMILES string of the molecule is O=C(NC(C(=O)O)C1CCCCC1)c1cnccn1. The number of nitrogens with one attached hydrogen (secondary N) is 1. The van der Waals surface area contributed by atoms with E-state index in [2.05, 4.69) is 15.3 Å². The largest absolute Gasteiger partial charge is 0.480 e. The first kappa shape index (κ1) is 13.5. The van der Waals surface area contributed by atoms with E-state index in [1.54, 1.807) is 0 Å². The number of nitrogens with zero attached hydrogens (tertiary/aromatic N) is 2. The van der Waals surface area contributed by atoms with Gasteiger partial charge in [0.15, 0.2) is 0 Å². The van der Waals surface area contributed by atoms with Gasteiger partial charge in [0.1, 0.15) is 11.7 Å². The zero-order valence-electron chi connectivity index (χ0n) is 10.6. The second-order valence-corrected chi connectivity index (χ2v) is 4.78. The fraction of sp³-hybridized carbons (Fsp3) is 0.538. The highest BCUT2D eigenvalue weighted by molar-refractivity contribution is 5.94. The molecule has 6 nitrogen and oxygen atoms in total. The van der Waals surface area contributed by atoms with Crippen molar-refractivity contribution in [2.75, 3.05) is 0 Å². The minimum Gasteiger partial charge on any atom is -0.480 e. The normalized spacial score (nSPS) is 17.7. The van der Waals surface area contributed by atoms with Gasteiger partial charge in [-0.25, -0.2) is 9.78 Å². The summed E-state index contributed by atoms with van der Waals surface area (Å²) < 4.78 is 0. The van der Waals surface area contributed by atoms with Gasteiger partial charge in [0.25, 0.3) is 5.91 Å². The fourth-order valence-corrected chi connectivity index (χ4v) is 2.48. The van der Waals surface area contributed by atoms with E-state index < -0.39 is 17.9 Å². The smallest absolute Gasteiger partial charge is 0.326 e. The summed E-state index contributed by atoms with van der Waals surface area (Å²) in [5, 5.41) is 11.8. The molecule has 0 saturated heterocycles. The number of aromatic nitrogens is 2. The number of carboxylic acids is 1. The summed E-state index contributed by atoms with van der Waals surface area (Å²) in [5.41, 5.74) is 0.143. The van der Waals surface area contributed by atoms with Crippen molar-refractivity contribution in [3.8, 4) is 0 Å². The first-order chi connectivity index (χ1) is 9.18. The lowest BCUT2D eigenvalue weighted by molar-refractivity contribution is -0.141. The number of rotatable bonds is 4. The molecule has 2 N–H and O–H groups in total. The highest BCUT2D eigenvalue weighted by Gasteiger charge is 2.31. The summed E-state index contributed by atoms with van der Waals surface area (Å²) in [7, 11) is 0. The van der Waals surface area contributed by atoms with E-state index in [-0.39, 0.29) is 11.6 Å². The van der Waals surface area contributed by atoms with Crippen LogP contribution in [0.3, 0.4) is 0 Å². The lowest BCUT2D eigenvalue weighted by Crippen LogP contribution is -2.46. The lowest BCUT2D eigenvalue weighted by Gasteiger charge is -2.27. The first-order valence-electron chi connectivity index (χ1n) is 6.48. The van der Waals surface area contributed by atoms with Crippen molar-refractivity contribution in [1.29, 1.82) is 0 Å². The van der Waals surface area contributed by atoms with Crippen molar-refractivity contribution >= 4 is 11.9 Å². The molecule has 0 aliphatic heterocycles. The summed E-state index contributed by atoms with van der Waals surface area (Å²) in [6.07, 6.45) is 9.08. The van der Waals surface area contributed by atoms with Crippen LogP contribution in [0.1, 0.15) is 42.6 Å². The zero-order chi connectivity index (χ0) is 13.7. The third-order valence-electron chi connectivity index (χ3n) is 3.47. The average molecular weight is 263 g/mol. The number of carboxylic acid groups (broad SMARTS) is 1. The summed E-state index contributed by atoms with van der Waals surface area (Å²) >= 11 is 0. The van der Waals surface area contributed by atoms with Gasteiger partial charge in [-0.3, -0.25) is 9.78 Å². The number of hydrogen-bond acceptors (Lipinski definition) is 4. The molecule has 19 heavy (non-hydrogen) atoms. The highest BCUT2D eigenvalue weighted by atomic mass is 16.4. The van der Waals surface area contributed by atoms with Crippen molar-refractivity contribution < 1.29 is 14.7 Å². The van der Waals surface area contributed by atoms with Crippen molar-refractivity contribution in [3.63, 3.8) is 0 Å². The molecule has 0 bridgehead atoms. The van der Waals surface area contributed by atoms with E-state index in [1.165, 1.54) is 18.6 Å². The Bertz CT molecular complexity index is 444. The second-order valence-electron chi connectivity index (χ2n) is 4.78. The molecule has 1 fully saturated rings. The van der Waals surface area contributed by atoms with E-state index >= 15 is 0 Å². The van der Waals surface area contributed by atoms with Gasteiger partial charge in [-0.1, -0.05) is 19.3 Å². The zero-order valence-corrected chi connectivity index (χ0v) is 10.6. The quantitative estimate of drug-likeness (QED) is 0.852. The van der Waals surface area contributed by atoms with Crippen LogP contribution in [0.2, 0.25) is 0 Å². The summed E-state index contributed by atoms with van der Waals surface area (Å²) in [5.74, 6) is -1.46. The van der Waals surface area contributed by atoms with Crippen LogP contribution in [-0.4, -0.2) is 33.0 Å². The van der Waals surface area contributed by atoms with Gasteiger partial charge in [0, 0.05) is 12.4 Å². The Morgan fingerprint density at radius 2 is 2.00 bits per heavy atom. The summed E-state index contributed by atoms with van der Waals surface area (Å²) in [4.78, 5) is 30.9. The van der Waals surface area contributed by atoms with E-state index in [0.29, 0.717) is 0 Å². The summed E-state index contributed by atoms with van der Waals surface area (Å²) in [6, 6.07) is -0.838. The van der Waals surface area contributed by atoms with Gasteiger partial charge in [-0.15, -0.1) is 0 Å². The average Bonchev–Trinajstić information content (AvgIpc) is 2.46. The third kappa shape index (κ3) is 3.49. The molecule has 1 aromatic rings. The number of carbonyl (C=O) groups excluding carboxylic acids is 1. The van der Waals surface area contributed by atoms with E-state index in [4.69, 9.17) is 0 Å². The topological polar surface area (TPSA) is 92.2 Å².